The van der Waals surface area contributed by atoms with Gasteiger partial charge in [0.15, 0.2) is 0 Å². The van der Waals surface area contributed by atoms with Gasteiger partial charge in [0.1, 0.15) is 0 Å². The summed E-state index contributed by atoms with van der Waals surface area (Å²) in [6.07, 6.45) is -11.8. The molecule has 2 N–H and O–H groups in total. The van der Waals surface area contributed by atoms with Crippen molar-refractivity contribution in [3.8, 4) is 0 Å². The van der Waals surface area contributed by atoms with E-state index in [1.807, 2.05) is 30.3 Å². The van der Waals surface area contributed by atoms with Crippen LogP contribution in [-0.2, 0) is 0 Å². The standard InChI is InChI=1S/C6H7N.C4H3F7/c7-6-4-2-1-3-5-6;1-2(5,3(6,7)8)4(9,10)11/h1-5H,7H2;1H3. The molecule has 104 valence electrons. The highest BCUT2D eigenvalue weighted by atomic mass is 19.4. The van der Waals surface area contributed by atoms with Gasteiger partial charge >= 0.3 is 12.4 Å². The second-order valence-corrected chi connectivity index (χ2v) is 3.41. The first-order valence-electron chi connectivity index (χ1n) is 4.52. The Balaban J connectivity index is 0.000000351. The fraction of sp³-hybridized carbons (Fsp3) is 0.400. The third-order valence-electron chi connectivity index (χ3n) is 1.86. The van der Waals surface area contributed by atoms with E-state index >= 15 is 0 Å². The van der Waals surface area contributed by atoms with Crippen LogP contribution in [-0.4, -0.2) is 18.0 Å². The lowest BCUT2D eigenvalue weighted by Crippen LogP contribution is -2.50. The molecular weight excluding hydrogens is 267 g/mol. The number of alkyl halides is 7. The largest absolute Gasteiger partial charge is 0.431 e. The topological polar surface area (TPSA) is 26.0 Å². The Kier molecular flexibility index (Phi) is 5.00. The zero-order chi connectivity index (χ0) is 14.6. The third kappa shape index (κ3) is 4.42. The molecule has 0 bridgehead atoms. The first kappa shape index (κ1) is 16.5. The molecule has 1 rings (SSSR count). The quantitative estimate of drug-likeness (QED) is 0.560. The van der Waals surface area contributed by atoms with Crippen molar-refractivity contribution in [1.82, 2.24) is 0 Å². The Bertz CT molecular complexity index is 337. The number of nitrogen functional groups attached to an aromatic ring is 1. The van der Waals surface area contributed by atoms with Crippen molar-refractivity contribution in [2.45, 2.75) is 24.9 Å². The van der Waals surface area contributed by atoms with Crippen molar-refractivity contribution in [3.05, 3.63) is 30.3 Å². The van der Waals surface area contributed by atoms with Crippen LogP contribution in [0.3, 0.4) is 0 Å². The molecule has 0 aromatic heterocycles. The van der Waals surface area contributed by atoms with E-state index in [1.54, 1.807) is 0 Å². The normalized spacial score (nSPS) is 12.7. The highest BCUT2D eigenvalue weighted by Crippen LogP contribution is 2.45. The van der Waals surface area contributed by atoms with Gasteiger partial charge in [0.2, 0.25) is 0 Å². The van der Waals surface area contributed by atoms with Crippen molar-refractivity contribution in [1.29, 1.82) is 0 Å². The molecule has 18 heavy (non-hydrogen) atoms. The molecule has 0 radical (unpaired) electrons. The number of hydrogen-bond acceptors (Lipinski definition) is 1. The minimum absolute atomic E-state index is 0.562. The lowest BCUT2D eigenvalue weighted by atomic mass is 10.1. The van der Waals surface area contributed by atoms with Gasteiger partial charge in [0, 0.05) is 5.69 Å². The van der Waals surface area contributed by atoms with Gasteiger partial charge in [-0.2, -0.15) is 26.3 Å². The summed E-state index contributed by atoms with van der Waals surface area (Å²) in [5, 5.41) is 0. The summed E-state index contributed by atoms with van der Waals surface area (Å²) in [5.41, 5.74) is 1.05. The van der Waals surface area contributed by atoms with Crippen LogP contribution in [0.15, 0.2) is 30.3 Å². The van der Waals surface area contributed by atoms with Gasteiger partial charge in [-0.15, -0.1) is 0 Å². The maximum atomic E-state index is 11.9. The third-order valence-corrected chi connectivity index (χ3v) is 1.86. The van der Waals surface area contributed by atoms with Crippen molar-refractivity contribution in [3.63, 3.8) is 0 Å². The van der Waals surface area contributed by atoms with Crippen LogP contribution in [0.5, 0.6) is 0 Å². The van der Waals surface area contributed by atoms with Crippen LogP contribution < -0.4 is 5.73 Å². The molecule has 8 heteroatoms. The predicted octanol–water partition coefficient (Wildman–Crippen LogP) is 4.11. The van der Waals surface area contributed by atoms with Gasteiger partial charge in [-0.25, -0.2) is 4.39 Å². The molecule has 0 spiro atoms. The number of halogens is 7. The fourth-order valence-electron chi connectivity index (χ4n) is 0.614. The molecule has 0 unspecified atom stereocenters. The van der Waals surface area contributed by atoms with E-state index in [9.17, 15) is 30.7 Å². The number of rotatable bonds is 0. The average Bonchev–Trinajstić information content (AvgIpc) is 2.16. The maximum Gasteiger partial charge on any atom is 0.431 e. The first-order valence-corrected chi connectivity index (χ1v) is 4.52. The smallest absolute Gasteiger partial charge is 0.399 e. The fourth-order valence-corrected chi connectivity index (χ4v) is 0.614. The lowest BCUT2D eigenvalue weighted by Gasteiger charge is -2.25. The van der Waals surface area contributed by atoms with Crippen molar-refractivity contribution in [2.75, 3.05) is 5.73 Å². The highest BCUT2D eigenvalue weighted by Gasteiger charge is 2.69. The molecule has 0 saturated heterocycles. The Hall–Kier alpha value is -1.47. The Morgan fingerprint density at radius 2 is 1.11 bits per heavy atom. The summed E-state index contributed by atoms with van der Waals surface area (Å²) in [4.78, 5) is 0. The van der Waals surface area contributed by atoms with E-state index in [2.05, 4.69) is 0 Å². The van der Waals surface area contributed by atoms with E-state index in [0.717, 1.165) is 5.69 Å². The Morgan fingerprint density at radius 1 is 0.778 bits per heavy atom. The molecule has 0 fully saturated rings. The van der Waals surface area contributed by atoms with Gasteiger partial charge in [-0.3, -0.25) is 0 Å². The number of nitrogens with two attached hydrogens (primary N) is 1. The second kappa shape index (κ2) is 5.45. The summed E-state index contributed by atoms with van der Waals surface area (Å²) < 4.78 is 79.3. The van der Waals surface area contributed by atoms with Gasteiger partial charge in [-0.1, -0.05) is 18.2 Å². The summed E-state index contributed by atoms with van der Waals surface area (Å²) >= 11 is 0. The zero-order valence-electron chi connectivity index (χ0n) is 9.11. The van der Waals surface area contributed by atoms with Gasteiger partial charge < -0.3 is 5.73 Å². The van der Waals surface area contributed by atoms with E-state index in [-0.39, 0.29) is 0 Å². The van der Waals surface area contributed by atoms with Crippen LogP contribution in [0.4, 0.5) is 36.4 Å². The van der Waals surface area contributed by atoms with E-state index in [0.29, 0.717) is 0 Å². The molecule has 0 atom stereocenters. The van der Waals surface area contributed by atoms with Crippen LogP contribution in [0, 0.1) is 0 Å². The number of hydrogen-bond donors (Lipinski definition) is 1. The second-order valence-electron chi connectivity index (χ2n) is 3.41. The maximum absolute atomic E-state index is 11.9. The summed E-state index contributed by atoms with van der Waals surface area (Å²) in [6, 6.07) is 9.49. The van der Waals surface area contributed by atoms with Crippen molar-refractivity contribution in [2.24, 2.45) is 0 Å². The van der Waals surface area contributed by atoms with Crippen LogP contribution in [0.25, 0.3) is 0 Å². The van der Waals surface area contributed by atoms with Gasteiger partial charge in [0.05, 0.1) is 0 Å². The molecule has 0 saturated carbocycles. The molecule has 0 aliphatic heterocycles. The molecule has 1 aromatic carbocycles. The van der Waals surface area contributed by atoms with Crippen LogP contribution >= 0.6 is 0 Å². The molecule has 0 aliphatic carbocycles. The van der Waals surface area contributed by atoms with Crippen LogP contribution in [0.2, 0.25) is 0 Å². The van der Waals surface area contributed by atoms with Gasteiger partial charge in [-0.05, 0) is 19.1 Å². The highest BCUT2D eigenvalue weighted by molar-refractivity contribution is 5.35. The minimum atomic E-state index is -5.91. The summed E-state index contributed by atoms with van der Waals surface area (Å²) in [7, 11) is 0. The van der Waals surface area contributed by atoms with E-state index in [4.69, 9.17) is 5.73 Å². The van der Waals surface area contributed by atoms with E-state index in [1.165, 1.54) is 0 Å². The summed E-state index contributed by atoms with van der Waals surface area (Å²) in [6.45, 7) is -0.562. The SMILES string of the molecule is CC(F)(C(F)(F)F)C(F)(F)F.Nc1ccccc1. The monoisotopic (exact) mass is 277 g/mol. The Labute approximate surface area is 98.4 Å². The number of para-hydroxylation sites is 1. The molecule has 1 aromatic rings. The van der Waals surface area contributed by atoms with Crippen molar-refractivity contribution >= 4 is 5.69 Å². The lowest BCUT2D eigenvalue weighted by molar-refractivity contribution is -0.334. The molecule has 0 aliphatic rings. The Morgan fingerprint density at radius 3 is 1.22 bits per heavy atom. The van der Waals surface area contributed by atoms with Crippen molar-refractivity contribution < 1.29 is 30.7 Å². The predicted molar refractivity (Wildman–Crippen MR) is 52.5 cm³/mol. The van der Waals surface area contributed by atoms with E-state index < -0.39 is 24.9 Å². The van der Waals surface area contributed by atoms with Gasteiger partial charge in [0.25, 0.3) is 5.67 Å². The molecule has 1 nitrogen and oxygen atoms in total. The molecule has 0 heterocycles. The molecule has 0 amide bonds. The minimum Gasteiger partial charge on any atom is -0.399 e. The first-order chi connectivity index (χ1) is 7.89. The zero-order valence-corrected chi connectivity index (χ0v) is 9.11. The number of benzene rings is 1. The summed E-state index contributed by atoms with van der Waals surface area (Å²) in [5.74, 6) is 0. The van der Waals surface area contributed by atoms with Crippen LogP contribution in [0.1, 0.15) is 6.92 Å². The average molecular weight is 277 g/mol. The number of anilines is 1. The molecular formula is C10H10F7N.